The highest BCUT2D eigenvalue weighted by atomic mass is 16.4. The predicted octanol–water partition coefficient (Wildman–Crippen LogP) is -0.121. The Morgan fingerprint density at radius 2 is 2.18 bits per heavy atom. The number of nitrogens with zero attached hydrogens (tertiary/aromatic N) is 1. The lowest BCUT2D eigenvalue weighted by molar-refractivity contribution is -0.136. The second-order valence-electron chi connectivity index (χ2n) is 3.58. The van der Waals surface area contributed by atoms with Crippen molar-refractivity contribution >= 4 is 17.8 Å². The van der Waals surface area contributed by atoms with Crippen molar-refractivity contribution in [3.8, 4) is 0 Å². The maximum Gasteiger partial charge on any atom is 0.305 e. The molecule has 0 spiro atoms. The topological polar surface area (TPSA) is 86.7 Å². The quantitative estimate of drug-likeness (QED) is 0.714. The van der Waals surface area contributed by atoms with E-state index in [1.807, 2.05) is 0 Å². The van der Waals surface area contributed by atoms with Gasteiger partial charge in [0.05, 0.1) is 13.0 Å². The average Bonchev–Trinajstić information content (AvgIpc) is 2.28. The number of carboxylic acids is 1. The molecule has 92 valence electrons. The highest BCUT2D eigenvalue weighted by molar-refractivity contribution is 5.95. The van der Waals surface area contributed by atoms with Gasteiger partial charge in [0.15, 0.2) is 0 Å². The molecule has 6 nitrogen and oxygen atoms in total. The van der Waals surface area contributed by atoms with Crippen LogP contribution in [0.5, 0.6) is 0 Å². The van der Waals surface area contributed by atoms with Gasteiger partial charge in [-0.15, -0.1) is 0 Å². The standard InChI is InChI=1S/C11H14N2O4/c1-8(14)13-6-2-3-9(7-13)11(17)12-5-4-10(15)16/h2-3,6H,4-5,7H2,1H3,(H,12,17)(H,15,16). The summed E-state index contributed by atoms with van der Waals surface area (Å²) < 4.78 is 0. The van der Waals surface area contributed by atoms with Crippen LogP contribution in [0, 0.1) is 0 Å². The van der Waals surface area contributed by atoms with E-state index in [1.165, 1.54) is 11.8 Å². The van der Waals surface area contributed by atoms with Gasteiger partial charge in [-0.3, -0.25) is 14.4 Å². The van der Waals surface area contributed by atoms with Gasteiger partial charge in [-0.25, -0.2) is 0 Å². The maximum absolute atomic E-state index is 11.6. The Balaban J connectivity index is 2.47. The molecule has 17 heavy (non-hydrogen) atoms. The third-order valence-corrected chi connectivity index (χ3v) is 2.22. The van der Waals surface area contributed by atoms with E-state index in [2.05, 4.69) is 5.32 Å². The molecule has 0 fully saturated rings. The Morgan fingerprint density at radius 1 is 1.47 bits per heavy atom. The van der Waals surface area contributed by atoms with Crippen LogP contribution in [-0.4, -0.2) is 40.9 Å². The van der Waals surface area contributed by atoms with E-state index < -0.39 is 5.97 Å². The normalized spacial score (nSPS) is 14.2. The number of carboxylic acid groups (broad SMARTS) is 1. The van der Waals surface area contributed by atoms with Crippen molar-refractivity contribution in [2.45, 2.75) is 13.3 Å². The van der Waals surface area contributed by atoms with E-state index >= 15 is 0 Å². The van der Waals surface area contributed by atoms with Crippen LogP contribution in [0.3, 0.4) is 0 Å². The van der Waals surface area contributed by atoms with Gasteiger partial charge in [-0.05, 0) is 6.08 Å². The summed E-state index contributed by atoms with van der Waals surface area (Å²) in [4.78, 5) is 34.4. The number of rotatable bonds is 4. The van der Waals surface area contributed by atoms with Gasteiger partial charge in [0.25, 0.3) is 0 Å². The van der Waals surface area contributed by atoms with E-state index in [1.54, 1.807) is 18.4 Å². The second-order valence-corrected chi connectivity index (χ2v) is 3.58. The predicted molar refractivity (Wildman–Crippen MR) is 59.9 cm³/mol. The molecule has 1 aliphatic heterocycles. The summed E-state index contributed by atoms with van der Waals surface area (Å²) in [5.74, 6) is -1.46. The van der Waals surface area contributed by atoms with Crippen molar-refractivity contribution in [3.63, 3.8) is 0 Å². The first-order valence-electron chi connectivity index (χ1n) is 5.15. The van der Waals surface area contributed by atoms with Crippen LogP contribution < -0.4 is 5.32 Å². The van der Waals surface area contributed by atoms with Crippen LogP contribution in [0.1, 0.15) is 13.3 Å². The summed E-state index contributed by atoms with van der Waals surface area (Å²) in [5, 5.41) is 10.9. The van der Waals surface area contributed by atoms with Crippen LogP contribution in [0.4, 0.5) is 0 Å². The molecule has 0 bridgehead atoms. The number of hydrogen-bond donors (Lipinski definition) is 2. The maximum atomic E-state index is 11.6. The van der Waals surface area contributed by atoms with Crippen molar-refractivity contribution < 1.29 is 19.5 Å². The van der Waals surface area contributed by atoms with Crippen LogP contribution in [0.15, 0.2) is 23.9 Å². The van der Waals surface area contributed by atoms with Crippen molar-refractivity contribution in [3.05, 3.63) is 23.9 Å². The molecule has 1 heterocycles. The summed E-state index contributed by atoms with van der Waals surface area (Å²) in [5.41, 5.74) is 0.438. The highest BCUT2D eigenvalue weighted by Gasteiger charge is 2.16. The third-order valence-electron chi connectivity index (χ3n) is 2.22. The molecule has 6 heteroatoms. The molecule has 0 atom stereocenters. The minimum atomic E-state index is -0.965. The number of nitrogens with one attached hydrogen (secondary N) is 1. The Labute approximate surface area is 98.6 Å². The number of carbonyl (C=O) groups excluding carboxylic acids is 2. The smallest absolute Gasteiger partial charge is 0.305 e. The molecule has 0 radical (unpaired) electrons. The number of amides is 2. The highest BCUT2D eigenvalue weighted by Crippen LogP contribution is 2.07. The van der Waals surface area contributed by atoms with E-state index in [0.29, 0.717) is 5.57 Å². The lowest BCUT2D eigenvalue weighted by Crippen LogP contribution is -2.35. The Hall–Kier alpha value is -2.11. The van der Waals surface area contributed by atoms with Crippen molar-refractivity contribution in [1.82, 2.24) is 10.2 Å². The van der Waals surface area contributed by atoms with Gasteiger partial charge in [0.2, 0.25) is 11.8 Å². The van der Waals surface area contributed by atoms with E-state index in [0.717, 1.165) is 0 Å². The minimum absolute atomic E-state index is 0.0787. The van der Waals surface area contributed by atoms with Crippen LogP contribution >= 0.6 is 0 Å². The number of hydrogen-bond acceptors (Lipinski definition) is 3. The van der Waals surface area contributed by atoms with Gasteiger partial charge in [-0.2, -0.15) is 0 Å². The Bertz CT molecular complexity index is 398. The van der Waals surface area contributed by atoms with Crippen LogP contribution in [-0.2, 0) is 14.4 Å². The fourth-order valence-corrected chi connectivity index (χ4v) is 1.31. The molecule has 2 N–H and O–H groups in total. The lowest BCUT2D eigenvalue weighted by atomic mass is 10.1. The minimum Gasteiger partial charge on any atom is -0.481 e. The molecule has 2 amide bonds. The summed E-state index contributed by atoms with van der Waals surface area (Å²) >= 11 is 0. The zero-order chi connectivity index (χ0) is 12.8. The van der Waals surface area contributed by atoms with Crippen molar-refractivity contribution in [2.24, 2.45) is 0 Å². The molecular weight excluding hydrogens is 224 g/mol. The van der Waals surface area contributed by atoms with Gasteiger partial charge in [0, 0.05) is 25.2 Å². The number of allylic oxidation sites excluding steroid dienone is 2. The third kappa shape index (κ3) is 4.10. The average molecular weight is 238 g/mol. The Kier molecular flexibility index (Phi) is 4.45. The lowest BCUT2D eigenvalue weighted by Gasteiger charge is -2.20. The molecule has 0 aromatic carbocycles. The molecule has 0 saturated heterocycles. The van der Waals surface area contributed by atoms with Crippen molar-refractivity contribution in [1.29, 1.82) is 0 Å². The molecule has 0 aromatic heterocycles. The molecule has 0 aromatic rings. The fourth-order valence-electron chi connectivity index (χ4n) is 1.31. The Morgan fingerprint density at radius 3 is 2.76 bits per heavy atom. The summed E-state index contributed by atoms with van der Waals surface area (Å²) in [6.07, 6.45) is 4.69. The van der Waals surface area contributed by atoms with Gasteiger partial charge in [-0.1, -0.05) is 6.08 Å². The van der Waals surface area contributed by atoms with Gasteiger partial charge >= 0.3 is 5.97 Å². The number of aliphatic carboxylic acids is 1. The SMILES string of the molecule is CC(=O)N1C=CC=C(C(=O)NCCC(=O)O)C1. The van der Waals surface area contributed by atoms with Crippen LogP contribution in [0.2, 0.25) is 0 Å². The molecule has 0 saturated carbocycles. The fraction of sp³-hybridized carbons (Fsp3) is 0.364. The largest absolute Gasteiger partial charge is 0.481 e. The molecular formula is C11H14N2O4. The van der Waals surface area contributed by atoms with E-state index in [-0.39, 0.29) is 31.3 Å². The first-order valence-corrected chi connectivity index (χ1v) is 5.15. The summed E-state index contributed by atoms with van der Waals surface area (Å²) in [6, 6.07) is 0. The van der Waals surface area contributed by atoms with E-state index in [4.69, 9.17) is 5.11 Å². The summed E-state index contributed by atoms with van der Waals surface area (Å²) in [7, 11) is 0. The first-order chi connectivity index (χ1) is 8.00. The van der Waals surface area contributed by atoms with E-state index in [9.17, 15) is 14.4 Å². The zero-order valence-corrected chi connectivity index (χ0v) is 9.47. The molecule has 1 aliphatic rings. The second kappa shape index (κ2) is 5.83. The molecule has 0 aliphatic carbocycles. The van der Waals surface area contributed by atoms with Gasteiger partial charge in [0.1, 0.15) is 0 Å². The van der Waals surface area contributed by atoms with Crippen molar-refractivity contribution in [2.75, 3.05) is 13.1 Å². The monoisotopic (exact) mass is 238 g/mol. The van der Waals surface area contributed by atoms with Gasteiger partial charge < -0.3 is 15.3 Å². The number of carbonyl (C=O) groups is 3. The molecule has 0 unspecified atom stereocenters. The zero-order valence-electron chi connectivity index (χ0n) is 9.47. The summed E-state index contributed by atoms with van der Waals surface area (Å²) in [6.45, 7) is 1.70. The van der Waals surface area contributed by atoms with Crippen LogP contribution in [0.25, 0.3) is 0 Å². The molecule has 1 rings (SSSR count). The first kappa shape index (κ1) is 13.0.